The first kappa shape index (κ1) is 15.5. The van der Waals surface area contributed by atoms with Crippen LogP contribution >= 0.6 is 0 Å². The minimum atomic E-state index is 0.292. The molecule has 1 heterocycles. The van der Waals surface area contributed by atoms with Gasteiger partial charge in [-0.05, 0) is 19.8 Å². The molecule has 1 aliphatic heterocycles. The largest absolute Gasteiger partial charge is 0.344 e. The fourth-order valence-electron chi connectivity index (χ4n) is 2.69. The van der Waals surface area contributed by atoms with Crippen LogP contribution in [0.3, 0.4) is 0 Å². The van der Waals surface area contributed by atoms with Crippen LogP contribution in [-0.2, 0) is 4.79 Å². The van der Waals surface area contributed by atoms with Gasteiger partial charge in [0, 0.05) is 32.1 Å². The summed E-state index contributed by atoms with van der Waals surface area (Å²) in [6.45, 7) is 5.40. The summed E-state index contributed by atoms with van der Waals surface area (Å²) < 4.78 is 0. The van der Waals surface area contributed by atoms with Crippen molar-refractivity contribution in [3.63, 3.8) is 0 Å². The Balaban J connectivity index is 2.08. The highest BCUT2D eigenvalue weighted by molar-refractivity contribution is 5.76. The van der Waals surface area contributed by atoms with Crippen molar-refractivity contribution in [2.75, 3.05) is 13.6 Å². The predicted molar refractivity (Wildman–Crippen MR) is 76.6 cm³/mol. The van der Waals surface area contributed by atoms with Crippen LogP contribution in [-0.4, -0.2) is 36.5 Å². The topological polar surface area (TPSA) is 32.3 Å². The minimum Gasteiger partial charge on any atom is -0.344 e. The molecule has 3 heteroatoms. The van der Waals surface area contributed by atoms with Crippen LogP contribution < -0.4 is 5.32 Å². The van der Waals surface area contributed by atoms with E-state index in [0.29, 0.717) is 24.4 Å². The summed E-state index contributed by atoms with van der Waals surface area (Å²) in [5, 5.41) is 3.67. The maximum atomic E-state index is 11.4. The summed E-state index contributed by atoms with van der Waals surface area (Å²) in [5.74, 6) is 0.292. The number of nitrogens with zero attached hydrogens (tertiary/aromatic N) is 1. The molecular weight excluding hydrogens is 224 g/mol. The number of likely N-dealkylation sites (tertiary alicyclic amines) is 1. The van der Waals surface area contributed by atoms with Crippen LogP contribution in [0.15, 0.2) is 0 Å². The van der Waals surface area contributed by atoms with Gasteiger partial charge in [-0.25, -0.2) is 0 Å². The number of carbonyl (C=O) groups is 1. The molecule has 1 amide bonds. The van der Waals surface area contributed by atoms with E-state index in [-0.39, 0.29) is 0 Å². The number of hydrogen-bond donors (Lipinski definition) is 1. The first-order chi connectivity index (χ1) is 8.63. The maximum Gasteiger partial charge on any atom is 0.222 e. The summed E-state index contributed by atoms with van der Waals surface area (Å²) in [6.07, 6.45) is 9.73. The number of rotatable bonds is 8. The second kappa shape index (κ2) is 8.52. The average molecular weight is 254 g/mol. The molecule has 1 N–H and O–H groups in total. The second-order valence-corrected chi connectivity index (χ2v) is 5.78. The Kier molecular flexibility index (Phi) is 7.33. The highest BCUT2D eigenvalue weighted by Crippen LogP contribution is 2.12. The Morgan fingerprint density at radius 3 is 2.72 bits per heavy atom. The molecule has 0 spiro atoms. The van der Waals surface area contributed by atoms with E-state index in [4.69, 9.17) is 0 Å². The van der Waals surface area contributed by atoms with Crippen molar-refractivity contribution in [1.29, 1.82) is 0 Å². The van der Waals surface area contributed by atoms with Crippen LogP contribution in [0.4, 0.5) is 0 Å². The summed E-state index contributed by atoms with van der Waals surface area (Å²) in [5.41, 5.74) is 0. The van der Waals surface area contributed by atoms with Gasteiger partial charge in [0.05, 0.1) is 0 Å². The molecule has 106 valence electrons. The normalized spacial score (nSPS) is 22.3. The van der Waals surface area contributed by atoms with Gasteiger partial charge in [-0.15, -0.1) is 0 Å². The zero-order valence-electron chi connectivity index (χ0n) is 12.4. The van der Waals surface area contributed by atoms with E-state index in [1.165, 1.54) is 38.5 Å². The molecule has 1 saturated heterocycles. The zero-order valence-corrected chi connectivity index (χ0v) is 12.4. The van der Waals surface area contributed by atoms with Gasteiger partial charge in [-0.1, -0.05) is 39.0 Å². The van der Waals surface area contributed by atoms with Gasteiger partial charge in [0.2, 0.25) is 5.91 Å². The monoisotopic (exact) mass is 254 g/mol. The third-order valence-corrected chi connectivity index (χ3v) is 3.89. The lowest BCUT2D eigenvalue weighted by molar-refractivity contribution is -0.132. The number of unbranched alkanes of at least 4 members (excludes halogenated alkanes) is 4. The molecule has 2 atom stereocenters. The van der Waals surface area contributed by atoms with Gasteiger partial charge >= 0.3 is 0 Å². The lowest BCUT2D eigenvalue weighted by Crippen LogP contribution is -2.49. The van der Waals surface area contributed by atoms with E-state index in [2.05, 4.69) is 19.2 Å². The van der Waals surface area contributed by atoms with Crippen molar-refractivity contribution in [1.82, 2.24) is 10.2 Å². The van der Waals surface area contributed by atoms with Crippen LogP contribution in [0.25, 0.3) is 0 Å². The van der Waals surface area contributed by atoms with Crippen LogP contribution in [0.5, 0.6) is 0 Å². The first-order valence-electron chi connectivity index (χ1n) is 7.63. The molecule has 1 fully saturated rings. The predicted octanol–water partition coefficient (Wildman–Crippen LogP) is 2.95. The maximum absolute atomic E-state index is 11.4. The molecule has 0 aromatic rings. The number of likely N-dealkylation sites (N-methyl/N-ethyl adjacent to an activating group) is 1. The van der Waals surface area contributed by atoms with Crippen molar-refractivity contribution in [2.24, 2.45) is 0 Å². The van der Waals surface area contributed by atoms with E-state index in [0.717, 1.165) is 13.0 Å². The Morgan fingerprint density at radius 2 is 2.06 bits per heavy atom. The Labute approximate surface area is 112 Å². The quantitative estimate of drug-likeness (QED) is 0.675. The molecule has 2 unspecified atom stereocenters. The number of amides is 1. The van der Waals surface area contributed by atoms with E-state index in [1.54, 1.807) is 0 Å². The van der Waals surface area contributed by atoms with E-state index in [9.17, 15) is 4.79 Å². The molecule has 0 aromatic heterocycles. The fraction of sp³-hybridized carbons (Fsp3) is 0.933. The number of piperidine rings is 1. The third-order valence-electron chi connectivity index (χ3n) is 3.89. The van der Waals surface area contributed by atoms with Crippen molar-refractivity contribution < 1.29 is 4.79 Å². The van der Waals surface area contributed by atoms with Crippen molar-refractivity contribution >= 4 is 5.91 Å². The highest BCUT2D eigenvalue weighted by Gasteiger charge is 2.23. The fourth-order valence-corrected chi connectivity index (χ4v) is 2.69. The van der Waals surface area contributed by atoms with Crippen molar-refractivity contribution in [2.45, 2.75) is 77.3 Å². The van der Waals surface area contributed by atoms with E-state index in [1.807, 2.05) is 11.9 Å². The van der Waals surface area contributed by atoms with Gasteiger partial charge in [-0.2, -0.15) is 0 Å². The van der Waals surface area contributed by atoms with Gasteiger partial charge < -0.3 is 10.2 Å². The standard InChI is InChI=1S/C15H30N2O/c1-4-5-6-7-8-9-13(2)16-14-10-11-15(18)17(3)12-14/h13-14,16H,4-12H2,1-3H3. The molecule has 0 radical (unpaired) electrons. The van der Waals surface area contributed by atoms with Gasteiger partial charge in [0.15, 0.2) is 0 Å². The highest BCUT2D eigenvalue weighted by atomic mass is 16.2. The summed E-state index contributed by atoms with van der Waals surface area (Å²) in [4.78, 5) is 13.3. The smallest absolute Gasteiger partial charge is 0.222 e. The van der Waals surface area contributed by atoms with Gasteiger partial charge in [-0.3, -0.25) is 4.79 Å². The molecule has 3 nitrogen and oxygen atoms in total. The Bertz CT molecular complexity index is 243. The van der Waals surface area contributed by atoms with Crippen LogP contribution in [0.1, 0.15) is 65.2 Å². The molecule has 1 rings (SSSR count). The zero-order chi connectivity index (χ0) is 13.4. The molecule has 0 aliphatic carbocycles. The average Bonchev–Trinajstić information content (AvgIpc) is 2.34. The number of carbonyl (C=O) groups excluding carboxylic acids is 1. The Morgan fingerprint density at radius 1 is 1.33 bits per heavy atom. The summed E-state index contributed by atoms with van der Waals surface area (Å²) >= 11 is 0. The lowest BCUT2D eigenvalue weighted by atomic mass is 10.0. The molecule has 0 saturated carbocycles. The third kappa shape index (κ3) is 5.85. The number of hydrogen-bond acceptors (Lipinski definition) is 2. The molecule has 0 aromatic carbocycles. The second-order valence-electron chi connectivity index (χ2n) is 5.78. The molecular formula is C15H30N2O. The summed E-state index contributed by atoms with van der Waals surface area (Å²) in [7, 11) is 1.91. The number of nitrogens with one attached hydrogen (secondary N) is 1. The molecule has 1 aliphatic rings. The van der Waals surface area contributed by atoms with Crippen molar-refractivity contribution in [3.05, 3.63) is 0 Å². The lowest BCUT2D eigenvalue weighted by Gasteiger charge is -2.32. The first-order valence-corrected chi connectivity index (χ1v) is 7.63. The van der Waals surface area contributed by atoms with Crippen molar-refractivity contribution in [3.8, 4) is 0 Å². The van der Waals surface area contributed by atoms with Crippen LogP contribution in [0.2, 0.25) is 0 Å². The summed E-state index contributed by atoms with van der Waals surface area (Å²) in [6, 6.07) is 1.08. The van der Waals surface area contributed by atoms with Gasteiger partial charge in [0.25, 0.3) is 0 Å². The van der Waals surface area contributed by atoms with E-state index < -0.39 is 0 Å². The van der Waals surface area contributed by atoms with Crippen LogP contribution in [0, 0.1) is 0 Å². The Hall–Kier alpha value is -0.570. The van der Waals surface area contributed by atoms with E-state index >= 15 is 0 Å². The molecule has 18 heavy (non-hydrogen) atoms. The molecule has 0 bridgehead atoms. The SMILES string of the molecule is CCCCCCCC(C)NC1CCC(=O)N(C)C1. The van der Waals surface area contributed by atoms with Gasteiger partial charge in [0.1, 0.15) is 0 Å². The minimum absolute atomic E-state index is 0.292.